The van der Waals surface area contributed by atoms with Crippen LogP contribution in [0, 0.1) is 0 Å². The lowest BCUT2D eigenvalue weighted by Crippen LogP contribution is -2.33. The van der Waals surface area contributed by atoms with Gasteiger partial charge in [0.05, 0.1) is 35.6 Å². The van der Waals surface area contributed by atoms with E-state index in [0.29, 0.717) is 18.5 Å². The number of hydrogen-bond donors (Lipinski definition) is 0. The SMILES string of the molecule is COCCn1c(C2CCCN2c2ccnc3ccccc23)nc2ccccc2c1=O. The van der Waals surface area contributed by atoms with Gasteiger partial charge in [0, 0.05) is 30.9 Å². The zero-order chi connectivity index (χ0) is 20.5. The van der Waals surface area contributed by atoms with Crippen LogP contribution in [0.2, 0.25) is 0 Å². The summed E-state index contributed by atoms with van der Waals surface area (Å²) in [6, 6.07) is 17.9. The fraction of sp³-hybridized carbons (Fsp3) is 0.292. The molecule has 4 aromatic rings. The Morgan fingerprint density at radius 1 is 1.03 bits per heavy atom. The number of para-hydroxylation sites is 2. The molecule has 1 aliphatic heterocycles. The van der Waals surface area contributed by atoms with Crippen molar-refractivity contribution in [1.82, 2.24) is 14.5 Å². The highest BCUT2D eigenvalue weighted by Crippen LogP contribution is 2.38. The van der Waals surface area contributed by atoms with Crippen molar-refractivity contribution in [1.29, 1.82) is 0 Å². The van der Waals surface area contributed by atoms with E-state index in [1.807, 2.05) is 48.7 Å². The number of ether oxygens (including phenoxy) is 1. The van der Waals surface area contributed by atoms with Crippen LogP contribution in [0.3, 0.4) is 0 Å². The smallest absolute Gasteiger partial charge is 0.261 e. The van der Waals surface area contributed by atoms with E-state index < -0.39 is 0 Å². The van der Waals surface area contributed by atoms with Gasteiger partial charge in [-0.3, -0.25) is 14.3 Å². The summed E-state index contributed by atoms with van der Waals surface area (Å²) in [6.45, 7) is 1.88. The Morgan fingerprint density at radius 2 is 1.80 bits per heavy atom. The van der Waals surface area contributed by atoms with E-state index in [1.165, 1.54) is 0 Å². The molecule has 1 aliphatic rings. The molecule has 30 heavy (non-hydrogen) atoms. The number of rotatable bonds is 5. The molecule has 5 rings (SSSR count). The van der Waals surface area contributed by atoms with Gasteiger partial charge in [-0.2, -0.15) is 0 Å². The van der Waals surface area contributed by atoms with Crippen LogP contribution in [0.25, 0.3) is 21.8 Å². The highest BCUT2D eigenvalue weighted by molar-refractivity contribution is 5.91. The molecule has 0 amide bonds. The summed E-state index contributed by atoms with van der Waals surface area (Å²) in [5.74, 6) is 0.814. The van der Waals surface area contributed by atoms with Crippen molar-refractivity contribution in [2.24, 2.45) is 0 Å². The first-order chi connectivity index (χ1) is 14.8. The molecular weight excluding hydrogens is 376 g/mol. The number of nitrogens with zero attached hydrogens (tertiary/aromatic N) is 4. The zero-order valence-corrected chi connectivity index (χ0v) is 17.0. The summed E-state index contributed by atoms with van der Waals surface area (Å²) in [5, 5.41) is 1.77. The lowest BCUT2D eigenvalue weighted by Gasteiger charge is -2.29. The molecule has 0 radical (unpaired) electrons. The molecule has 3 heterocycles. The maximum atomic E-state index is 13.3. The Morgan fingerprint density at radius 3 is 2.63 bits per heavy atom. The highest BCUT2D eigenvalue weighted by Gasteiger charge is 2.31. The minimum absolute atomic E-state index is 0.000846. The quantitative estimate of drug-likeness (QED) is 0.508. The van der Waals surface area contributed by atoms with E-state index >= 15 is 0 Å². The zero-order valence-electron chi connectivity index (χ0n) is 17.0. The molecule has 1 unspecified atom stereocenters. The second-order valence-electron chi connectivity index (χ2n) is 7.64. The molecule has 0 saturated carbocycles. The van der Waals surface area contributed by atoms with Crippen LogP contribution in [0.15, 0.2) is 65.6 Å². The summed E-state index contributed by atoms with van der Waals surface area (Å²) >= 11 is 0. The van der Waals surface area contributed by atoms with Crippen LogP contribution < -0.4 is 10.5 Å². The fourth-order valence-electron chi connectivity index (χ4n) is 4.49. The summed E-state index contributed by atoms with van der Waals surface area (Å²) < 4.78 is 7.09. The average molecular weight is 400 g/mol. The van der Waals surface area contributed by atoms with Gasteiger partial charge in [0.2, 0.25) is 0 Å². The van der Waals surface area contributed by atoms with Gasteiger partial charge in [-0.15, -0.1) is 0 Å². The number of methoxy groups -OCH3 is 1. The summed E-state index contributed by atoms with van der Waals surface area (Å²) in [4.78, 5) is 25.2. The van der Waals surface area contributed by atoms with Gasteiger partial charge in [0.1, 0.15) is 5.82 Å². The molecule has 0 bridgehead atoms. The molecule has 6 nitrogen and oxygen atoms in total. The molecular formula is C24H24N4O2. The highest BCUT2D eigenvalue weighted by atomic mass is 16.5. The standard InChI is InChI=1S/C24H24N4O2/c1-30-16-15-28-23(26-20-10-5-3-8-18(20)24(28)29)22-11-6-14-27(22)21-12-13-25-19-9-4-2-7-17(19)21/h2-5,7-10,12-13,22H,6,11,14-16H2,1H3. The van der Waals surface area contributed by atoms with Gasteiger partial charge in [0.15, 0.2) is 0 Å². The normalized spacial score (nSPS) is 16.6. The number of hydrogen-bond acceptors (Lipinski definition) is 5. The maximum absolute atomic E-state index is 13.3. The van der Waals surface area contributed by atoms with Gasteiger partial charge >= 0.3 is 0 Å². The molecule has 1 fully saturated rings. The first kappa shape index (κ1) is 18.8. The van der Waals surface area contributed by atoms with Crippen molar-refractivity contribution in [3.63, 3.8) is 0 Å². The van der Waals surface area contributed by atoms with Crippen molar-refractivity contribution >= 4 is 27.5 Å². The van der Waals surface area contributed by atoms with Gasteiger partial charge < -0.3 is 9.64 Å². The van der Waals surface area contributed by atoms with Crippen LogP contribution in [-0.2, 0) is 11.3 Å². The number of benzene rings is 2. The Balaban J connectivity index is 1.67. The van der Waals surface area contributed by atoms with Crippen molar-refractivity contribution in [2.75, 3.05) is 25.2 Å². The predicted octanol–water partition coefficient (Wildman–Crippen LogP) is 3.93. The second kappa shape index (κ2) is 7.88. The first-order valence-electron chi connectivity index (χ1n) is 10.4. The van der Waals surface area contributed by atoms with Crippen molar-refractivity contribution in [3.8, 4) is 0 Å². The fourth-order valence-corrected chi connectivity index (χ4v) is 4.49. The van der Waals surface area contributed by atoms with Gasteiger partial charge in [-0.25, -0.2) is 4.98 Å². The van der Waals surface area contributed by atoms with Gasteiger partial charge in [0.25, 0.3) is 5.56 Å². The Labute approximate surface area is 174 Å². The molecule has 2 aromatic carbocycles. The van der Waals surface area contributed by atoms with Crippen LogP contribution >= 0.6 is 0 Å². The van der Waals surface area contributed by atoms with Crippen molar-refractivity contribution < 1.29 is 4.74 Å². The molecule has 0 spiro atoms. The predicted molar refractivity (Wildman–Crippen MR) is 119 cm³/mol. The number of aromatic nitrogens is 3. The van der Waals surface area contributed by atoms with E-state index in [1.54, 1.807) is 11.7 Å². The third-order valence-electron chi connectivity index (χ3n) is 5.90. The van der Waals surface area contributed by atoms with Gasteiger partial charge in [-0.1, -0.05) is 30.3 Å². The maximum Gasteiger partial charge on any atom is 0.261 e. The molecule has 152 valence electrons. The number of fused-ring (bicyclic) bond motifs is 2. The molecule has 0 aliphatic carbocycles. The third-order valence-corrected chi connectivity index (χ3v) is 5.90. The van der Waals surface area contributed by atoms with Crippen molar-refractivity contribution in [3.05, 3.63) is 77.0 Å². The second-order valence-corrected chi connectivity index (χ2v) is 7.64. The van der Waals surface area contributed by atoms with Crippen molar-refractivity contribution in [2.45, 2.75) is 25.4 Å². The summed E-state index contributed by atoms with van der Waals surface area (Å²) in [6.07, 6.45) is 3.86. The minimum Gasteiger partial charge on any atom is -0.383 e. The Kier molecular flexibility index (Phi) is 4.93. The minimum atomic E-state index is -0.000846. The number of pyridine rings is 1. The lowest BCUT2D eigenvalue weighted by molar-refractivity contribution is 0.184. The molecule has 2 aromatic heterocycles. The molecule has 6 heteroatoms. The Hall–Kier alpha value is -3.25. The van der Waals surface area contributed by atoms with E-state index in [0.717, 1.165) is 47.3 Å². The van der Waals surface area contributed by atoms with Crippen LogP contribution in [0.5, 0.6) is 0 Å². The summed E-state index contributed by atoms with van der Waals surface area (Å²) in [7, 11) is 1.66. The van der Waals surface area contributed by atoms with E-state index in [2.05, 4.69) is 22.0 Å². The van der Waals surface area contributed by atoms with Crippen LogP contribution in [-0.4, -0.2) is 34.8 Å². The van der Waals surface area contributed by atoms with E-state index in [4.69, 9.17) is 9.72 Å². The summed E-state index contributed by atoms with van der Waals surface area (Å²) in [5.41, 5.74) is 2.87. The van der Waals surface area contributed by atoms with E-state index in [-0.39, 0.29) is 11.6 Å². The van der Waals surface area contributed by atoms with Crippen LogP contribution in [0.1, 0.15) is 24.7 Å². The lowest BCUT2D eigenvalue weighted by atomic mass is 10.1. The Bertz CT molecular complexity index is 1260. The molecule has 1 atom stereocenters. The van der Waals surface area contributed by atoms with E-state index in [9.17, 15) is 4.79 Å². The molecule has 1 saturated heterocycles. The number of anilines is 1. The topological polar surface area (TPSA) is 60.2 Å². The largest absolute Gasteiger partial charge is 0.383 e. The van der Waals surface area contributed by atoms with Gasteiger partial charge in [-0.05, 0) is 37.1 Å². The molecule has 0 N–H and O–H groups in total. The first-order valence-corrected chi connectivity index (χ1v) is 10.4. The monoisotopic (exact) mass is 400 g/mol. The third kappa shape index (κ3) is 3.13. The average Bonchev–Trinajstić information content (AvgIpc) is 3.27. The van der Waals surface area contributed by atoms with Crippen LogP contribution in [0.4, 0.5) is 5.69 Å².